The lowest BCUT2D eigenvalue weighted by atomic mass is 9.65. The van der Waals surface area contributed by atoms with Crippen LogP contribution < -0.4 is 11.0 Å². The molecule has 1 aromatic heterocycles. The molecule has 1 heterocycles. The fraction of sp³-hybridized carbons (Fsp3) is 0.500. The number of carbonyl (C=O) groups is 1. The SMILES string of the molecule is CCc1cccc(CC2(CNC(=O)c3nn(C)c(=O)[nH]3)CCC2)c1. The van der Waals surface area contributed by atoms with Gasteiger partial charge < -0.3 is 5.32 Å². The van der Waals surface area contributed by atoms with E-state index in [2.05, 4.69) is 46.6 Å². The van der Waals surface area contributed by atoms with Crippen LogP contribution in [0.25, 0.3) is 0 Å². The van der Waals surface area contributed by atoms with Crippen LogP contribution in [0.15, 0.2) is 29.1 Å². The molecule has 0 radical (unpaired) electrons. The first-order valence-corrected chi connectivity index (χ1v) is 8.51. The van der Waals surface area contributed by atoms with Crippen molar-refractivity contribution in [2.24, 2.45) is 12.5 Å². The maximum atomic E-state index is 12.2. The summed E-state index contributed by atoms with van der Waals surface area (Å²) in [5.41, 5.74) is 2.42. The molecule has 0 bridgehead atoms. The molecule has 1 saturated carbocycles. The van der Waals surface area contributed by atoms with Crippen LogP contribution in [0.5, 0.6) is 0 Å². The number of amides is 1. The van der Waals surface area contributed by atoms with Crippen LogP contribution in [0.3, 0.4) is 0 Å². The molecule has 0 spiro atoms. The number of rotatable bonds is 6. The summed E-state index contributed by atoms with van der Waals surface area (Å²) in [6.45, 7) is 2.77. The number of nitrogens with zero attached hydrogens (tertiary/aromatic N) is 2. The van der Waals surface area contributed by atoms with E-state index < -0.39 is 0 Å². The van der Waals surface area contributed by atoms with E-state index >= 15 is 0 Å². The molecular formula is C18H24N4O2. The van der Waals surface area contributed by atoms with Crippen molar-refractivity contribution < 1.29 is 4.79 Å². The summed E-state index contributed by atoms with van der Waals surface area (Å²) in [5.74, 6) is -0.244. The molecule has 2 aromatic rings. The molecule has 6 nitrogen and oxygen atoms in total. The van der Waals surface area contributed by atoms with Gasteiger partial charge in [-0.1, -0.05) is 37.6 Å². The van der Waals surface area contributed by atoms with Gasteiger partial charge in [-0.2, -0.15) is 0 Å². The molecule has 0 aliphatic heterocycles. The highest BCUT2D eigenvalue weighted by atomic mass is 16.2. The van der Waals surface area contributed by atoms with Crippen LogP contribution in [0.1, 0.15) is 47.9 Å². The predicted molar refractivity (Wildman–Crippen MR) is 92.0 cm³/mol. The summed E-state index contributed by atoms with van der Waals surface area (Å²) in [6.07, 6.45) is 5.43. The van der Waals surface area contributed by atoms with Gasteiger partial charge in [-0.3, -0.25) is 9.78 Å². The van der Waals surface area contributed by atoms with Crippen molar-refractivity contribution in [3.05, 3.63) is 51.7 Å². The molecule has 0 unspecified atom stereocenters. The Balaban J connectivity index is 1.65. The zero-order chi connectivity index (χ0) is 17.2. The third kappa shape index (κ3) is 3.42. The summed E-state index contributed by atoms with van der Waals surface area (Å²) in [5, 5.41) is 6.84. The van der Waals surface area contributed by atoms with Gasteiger partial charge in [-0.05, 0) is 42.2 Å². The first kappa shape index (κ1) is 16.5. The Morgan fingerprint density at radius 1 is 1.38 bits per heavy atom. The normalized spacial score (nSPS) is 15.8. The van der Waals surface area contributed by atoms with E-state index in [1.165, 1.54) is 24.6 Å². The molecule has 24 heavy (non-hydrogen) atoms. The van der Waals surface area contributed by atoms with Crippen LogP contribution >= 0.6 is 0 Å². The van der Waals surface area contributed by atoms with Crippen molar-refractivity contribution in [3.8, 4) is 0 Å². The molecule has 0 atom stereocenters. The summed E-state index contributed by atoms with van der Waals surface area (Å²) in [7, 11) is 1.52. The zero-order valence-corrected chi connectivity index (χ0v) is 14.3. The quantitative estimate of drug-likeness (QED) is 0.849. The summed E-state index contributed by atoms with van der Waals surface area (Å²) in [4.78, 5) is 26.0. The van der Waals surface area contributed by atoms with Crippen LogP contribution in [0.4, 0.5) is 0 Å². The maximum Gasteiger partial charge on any atom is 0.343 e. The molecule has 6 heteroatoms. The third-order valence-corrected chi connectivity index (χ3v) is 5.00. The van der Waals surface area contributed by atoms with Crippen molar-refractivity contribution in [1.82, 2.24) is 20.1 Å². The second kappa shape index (κ2) is 6.63. The number of hydrogen-bond acceptors (Lipinski definition) is 3. The van der Waals surface area contributed by atoms with Crippen LogP contribution in [0.2, 0.25) is 0 Å². The molecule has 2 N–H and O–H groups in total. The number of H-pyrrole nitrogens is 1. The van der Waals surface area contributed by atoms with Crippen molar-refractivity contribution >= 4 is 5.91 Å². The number of aromatic amines is 1. The Morgan fingerprint density at radius 2 is 2.12 bits per heavy atom. The summed E-state index contributed by atoms with van der Waals surface area (Å²) >= 11 is 0. The van der Waals surface area contributed by atoms with Crippen LogP contribution in [-0.2, 0) is 19.9 Å². The molecule has 0 saturated heterocycles. The van der Waals surface area contributed by atoms with E-state index in [-0.39, 0.29) is 22.8 Å². The minimum Gasteiger partial charge on any atom is -0.349 e. The van der Waals surface area contributed by atoms with Gasteiger partial charge in [0.1, 0.15) is 0 Å². The summed E-state index contributed by atoms with van der Waals surface area (Å²) < 4.78 is 1.13. The number of hydrogen-bond donors (Lipinski definition) is 2. The Bertz CT molecular complexity index is 786. The number of carbonyl (C=O) groups excluding carboxylic acids is 1. The van der Waals surface area contributed by atoms with Crippen molar-refractivity contribution in [2.45, 2.75) is 39.0 Å². The fourth-order valence-corrected chi connectivity index (χ4v) is 3.34. The highest BCUT2D eigenvalue weighted by Crippen LogP contribution is 2.43. The van der Waals surface area contributed by atoms with Crippen molar-refractivity contribution in [2.75, 3.05) is 6.54 Å². The molecular weight excluding hydrogens is 304 g/mol. The van der Waals surface area contributed by atoms with Crippen LogP contribution in [-0.4, -0.2) is 27.2 Å². The zero-order valence-electron chi connectivity index (χ0n) is 14.3. The molecule has 3 rings (SSSR count). The standard InChI is InChI=1S/C18H24N4O2/c1-3-13-6-4-7-14(10-13)11-18(8-5-9-18)12-19-16(23)15-20-17(24)22(2)21-15/h4,6-7,10H,3,5,8-9,11-12H2,1-2H3,(H,19,23)(H,20,21,24). The van der Waals surface area contributed by atoms with E-state index in [9.17, 15) is 9.59 Å². The Hall–Kier alpha value is -2.37. The third-order valence-electron chi connectivity index (χ3n) is 5.00. The van der Waals surface area contributed by atoms with Crippen molar-refractivity contribution in [1.29, 1.82) is 0 Å². The lowest BCUT2D eigenvalue weighted by Gasteiger charge is -2.42. The molecule has 1 amide bonds. The van der Waals surface area contributed by atoms with Gasteiger partial charge in [0.05, 0.1) is 0 Å². The van der Waals surface area contributed by atoms with Crippen LogP contribution in [0, 0.1) is 5.41 Å². The molecule has 1 aliphatic carbocycles. The minimum atomic E-state index is -0.380. The Morgan fingerprint density at radius 3 is 2.71 bits per heavy atom. The van der Waals surface area contributed by atoms with Gasteiger partial charge in [-0.25, -0.2) is 9.48 Å². The Labute approximate surface area is 141 Å². The lowest BCUT2D eigenvalue weighted by Crippen LogP contribution is -2.44. The fourth-order valence-electron chi connectivity index (χ4n) is 3.34. The van der Waals surface area contributed by atoms with E-state index in [1.807, 2.05) is 0 Å². The monoisotopic (exact) mass is 328 g/mol. The molecule has 1 aromatic carbocycles. The minimum absolute atomic E-state index is 0.0740. The van der Waals surface area contributed by atoms with Gasteiger partial charge in [0.2, 0.25) is 5.82 Å². The van der Waals surface area contributed by atoms with Gasteiger partial charge in [-0.15, -0.1) is 5.10 Å². The second-order valence-electron chi connectivity index (χ2n) is 6.79. The van der Waals surface area contributed by atoms with E-state index in [4.69, 9.17) is 0 Å². The van der Waals surface area contributed by atoms with Gasteiger partial charge in [0.15, 0.2) is 0 Å². The smallest absolute Gasteiger partial charge is 0.343 e. The predicted octanol–water partition coefficient (Wildman–Crippen LogP) is 1.81. The molecule has 1 fully saturated rings. The average molecular weight is 328 g/mol. The van der Waals surface area contributed by atoms with Crippen molar-refractivity contribution in [3.63, 3.8) is 0 Å². The maximum absolute atomic E-state index is 12.2. The van der Waals surface area contributed by atoms with E-state index in [0.717, 1.165) is 30.4 Å². The highest BCUT2D eigenvalue weighted by molar-refractivity contribution is 5.90. The van der Waals surface area contributed by atoms with E-state index in [0.29, 0.717) is 6.54 Å². The number of nitrogens with one attached hydrogen (secondary N) is 2. The summed E-state index contributed by atoms with van der Waals surface area (Å²) in [6, 6.07) is 8.68. The second-order valence-corrected chi connectivity index (χ2v) is 6.79. The van der Waals surface area contributed by atoms with Gasteiger partial charge >= 0.3 is 5.69 Å². The number of aromatic nitrogens is 3. The number of benzene rings is 1. The lowest BCUT2D eigenvalue weighted by molar-refractivity contribution is 0.0850. The Kier molecular flexibility index (Phi) is 4.55. The first-order valence-electron chi connectivity index (χ1n) is 8.51. The first-order chi connectivity index (χ1) is 11.5. The average Bonchev–Trinajstić information content (AvgIpc) is 2.89. The highest BCUT2D eigenvalue weighted by Gasteiger charge is 2.37. The molecule has 128 valence electrons. The largest absolute Gasteiger partial charge is 0.349 e. The van der Waals surface area contributed by atoms with E-state index in [1.54, 1.807) is 0 Å². The number of aryl methyl sites for hydroxylation is 2. The van der Waals surface area contributed by atoms with Gasteiger partial charge in [0.25, 0.3) is 5.91 Å². The van der Waals surface area contributed by atoms with Gasteiger partial charge in [0, 0.05) is 13.6 Å². The topological polar surface area (TPSA) is 79.8 Å². The molecule has 1 aliphatic rings.